The van der Waals surface area contributed by atoms with Gasteiger partial charge in [-0.25, -0.2) is 0 Å². The van der Waals surface area contributed by atoms with Gasteiger partial charge in [-0.1, -0.05) is 37.5 Å². The lowest BCUT2D eigenvalue weighted by Gasteiger charge is -2.23. The Balaban J connectivity index is 2.09. The standard InChI is InChI=1S/C19H31NO/c1-4-13-20-16(3)18-14-15(2)11-12-19(18)21-17-9-7-5-6-8-10-17/h11-12,14,16-17,20H,4-10,13H2,1-3H3. The van der Waals surface area contributed by atoms with Crippen molar-refractivity contribution in [3.05, 3.63) is 29.3 Å². The third kappa shape index (κ3) is 5.03. The van der Waals surface area contributed by atoms with Gasteiger partial charge in [0.1, 0.15) is 5.75 Å². The second-order valence-corrected chi connectivity index (χ2v) is 6.45. The summed E-state index contributed by atoms with van der Waals surface area (Å²) in [5, 5.41) is 3.59. The molecule has 1 aliphatic rings. The summed E-state index contributed by atoms with van der Waals surface area (Å²) in [6.07, 6.45) is 9.37. The topological polar surface area (TPSA) is 21.3 Å². The van der Waals surface area contributed by atoms with Gasteiger partial charge >= 0.3 is 0 Å². The van der Waals surface area contributed by atoms with Crippen LogP contribution in [0.1, 0.15) is 76.0 Å². The first kappa shape index (κ1) is 16.4. The second kappa shape index (κ2) is 8.43. The van der Waals surface area contributed by atoms with Gasteiger partial charge in [0.2, 0.25) is 0 Å². The summed E-state index contributed by atoms with van der Waals surface area (Å²) in [6, 6.07) is 6.96. The summed E-state index contributed by atoms with van der Waals surface area (Å²) in [6.45, 7) is 7.66. The van der Waals surface area contributed by atoms with Crippen molar-refractivity contribution in [2.45, 2.75) is 77.9 Å². The van der Waals surface area contributed by atoms with Gasteiger partial charge in [-0.3, -0.25) is 0 Å². The predicted octanol–water partition coefficient (Wildman–Crippen LogP) is 5.16. The largest absolute Gasteiger partial charge is 0.490 e. The molecule has 1 aromatic rings. The minimum atomic E-state index is 0.352. The fraction of sp³-hybridized carbons (Fsp3) is 0.684. The molecule has 2 heteroatoms. The SMILES string of the molecule is CCCNC(C)c1cc(C)ccc1OC1CCCCCC1. The molecule has 0 aromatic heterocycles. The van der Waals surface area contributed by atoms with E-state index in [1.165, 1.54) is 49.7 Å². The number of ether oxygens (including phenoxy) is 1. The molecule has 0 spiro atoms. The maximum atomic E-state index is 6.38. The van der Waals surface area contributed by atoms with Crippen molar-refractivity contribution in [3.63, 3.8) is 0 Å². The minimum Gasteiger partial charge on any atom is -0.490 e. The molecular weight excluding hydrogens is 258 g/mol. The molecule has 0 amide bonds. The molecule has 118 valence electrons. The van der Waals surface area contributed by atoms with E-state index in [1.54, 1.807) is 0 Å². The van der Waals surface area contributed by atoms with Crippen LogP contribution in [0, 0.1) is 6.92 Å². The lowest BCUT2D eigenvalue weighted by molar-refractivity contribution is 0.181. The number of hydrogen-bond donors (Lipinski definition) is 1. The Morgan fingerprint density at radius 2 is 1.90 bits per heavy atom. The van der Waals surface area contributed by atoms with Crippen LogP contribution in [0.5, 0.6) is 5.75 Å². The average Bonchev–Trinajstić information content (AvgIpc) is 2.75. The van der Waals surface area contributed by atoms with E-state index in [1.807, 2.05) is 0 Å². The fourth-order valence-electron chi connectivity index (χ4n) is 3.12. The van der Waals surface area contributed by atoms with E-state index < -0.39 is 0 Å². The van der Waals surface area contributed by atoms with E-state index in [0.717, 1.165) is 18.7 Å². The van der Waals surface area contributed by atoms with Gasteiger partial charge in [0, 0.05) is 11.6 Å². The van der Waals surface area contributed by atoms with Crippen molar-refractivity contribution >= 4 is 0 Å². The predicted molar refractivity (Wildman–Crippen MR) is 90.0 cm³/mol. The summed E-state index contributed by atoms with van der Waals surface area (Å²) in [4.78, 5) is 0. The Hall–Kier alpha value is -1.02. The quantitative estimate of drug-likeness (QED) is 0.731. The van der Waals surface area contributed by atoms with Crippen LogP contribution < -0.4 is 10.1 Å². The van der Waals surface area contributed by atoms with Crippen LogP contribution in [0.4, 0.5) is 0 Å². The van der Waals surface area contributed by atoms with E-state index in [9.17, 15) is 0 Å². The zero-order valence-electron chi connectivity index (χ0n) is 14.0. The highest BCUT2D eigenvalue weighted by Crippen LogP contribution is 2.30. The molecule has 0 heterocycles. The Labute approximate surface area is 130 Å². The number of benzene rings is 1. The van der Waals surface area contributed by atoms with E-state index in [0.29, 0.717) is 12.1 Å². The highest BCUT2D eigenvalue weighted by atomic mass is 16.5. The summed E-state index contributed by atoms with van der Waals surface area (Å²) >= 11 is 0. The van der Waals surface area contributed by atoms with Gasteiger partial charge in [-0.15, -0.1) is 0 Å². The molecular formula is C19H31NO. The van der Waals surface area contributed by atoms with Crippen LogP contribution in [-0.4, -0.2) is 12.6 Å². The maximum Gasteiger partial charge on any atom is 0.124 e. The van der Waals surface area contributed by atoms with Gasteiger partial charge in [0.25, 0.3) is 0 Å². The first-order valence-corrected chi connectivity index (χ1v) is 8.71. The van der Waals surface area contributed by atoms with E-state index in [-0.39, 0.29) is 0 Å². The Kier molecular flexibility index (Phi) is 6.56. The first-order valence-electron chi connectivity index (χ1n) is 8.71. The molecule has 1 unspecified atom stereocenters. The van der Waals surface area contributed by atoms with Crippen LogP contribution in [0.2, 0.25) is 0 Å². The molecule has 2 nitrogen and oxygen atoms in total. The average molecular weight is 289 g/mol. The molecule has 1 N–H and O–H groups in total. The van der Waals surface area contributed by atoms with Gasteiger partial charge in [0.05, 0.1) is 6.10 Å². The van der Waals surface area contributed by atoms with E-state index >= 15 is 0 Å². The summed E-state index contributed by atoms with van der Waals surface area (Å²) in [5.41, 5.74) is 2.62. The zero-order valence-corrected chi connectivity index (χ0v) is 14.0. The molecule has 0 aliphatic heterocycles. The Morgan fingerprint density at radius 1 is 1.19 bits per heavy atom. The van der Waals surface area contributed by atoms with Gasteiger partial charge in [0.15, 0.2) is 0 Å². The van der Waals surface area contributed by atoms with E-state index in [2.05, 4.69) is 44.3 Å². The number of aryl methyl sites for hydroxylation is 1. The van der Waals surface area contributed by atoms with Crippen LogP contribution >= 0.6 is 0 Å². The minimum absolute atomic E-state index is 0.352. The normalized spacial score (nSPS) is 18.2. The molecule has 1 saturated carbocycles. The van der Waals surface area contributed by atoms with Crippen molar-refractivity contribution in [3.8, 4) is 5.75 Å². The maximum absolute atomic E-state index is 6.38. The third-order valence-electron chi connectivity index (χ3n) is 4.43. The smallest absolute Gasteiger partial charge is 0.124 e. The lowest BCUT2D eigenvalue weighted by Crippen LogP contribution is -2.22. The first-order chi connectivity index (χ1) is 10.2. The monoisotopic (exact) mass is 289 g/mol. The summed E-state index contributed by atoms with van der Waals surface area (Å²) in [5.74, 6) is 1.09. The number of hydrogen-bond acceptors (Lipinski definition) is 2. The molecule has 2 rings (SSSR count). The van der Waals surface area contributed by atoms with Crippen molar-refractivity contribution in [1.82, 2.24) is 5.32 Å². The highest BCUT2D eigenvalue weighted by molar-refractivity contribution is 5.39. The van der Waals surface area contributed by atoms with Gasteiger partial charge in [-0.2, -0.15) is 0 Å². The van der Waals surface area contributed by atoms with Crippen molar-refractivity contribution < 1.29 is 4.74 Å². The van der Waals surface area contributed by atoms with Gasteiger partial charge in [-0.05, 0) is 58.6 Å². The van der Waals surface area contributed by atoms with Gasteiger partial charge < -0.3 is 10.1 Å². The van der Waals surface area contributed by atoms with Crippen molar-refractivity contribution in [2.24, 2.45) is 0 Å². The lowest BCUT2D eigenvalue weighted by atomic mass is 10.0. The van der Waals surface area contributed by atoms with Crippen molar-refractivity contribution in [1.29, 1.82) is 0 Å². The van der Waals surface area contributed by atoms with Crippen molar-refractivity contribution in [2.75, 3.05) is 6.54 Å². The molecule has 1 fully saturated rings. The molecule has 1 aliphatic carbocycles. The van der Waals surface area contributed by atoms with Crippen LogP contribution in [0.15, 0.2) is 18.2 Å². The molecule has 1 atom stereocenters. The Bertz CT molecular complexity index is 422. The molecule has 1 aromatic carbocycles. The number of nitrogens with one attached hydrogen (secondary N) is 1. The molecule has 0 saturated heterocycles. The Morgan fingerprint density at radius 3 is 2.57 bits per heavy atom. The zero-order chi connectivity index (χ0) is 15.1. The summed E-state index contributed by atoms with van der Waals surface area (Å²) < 4.78 is 6.38. The third-order valence-corrected chi connectivity index (χ3v) is 4.43. The number of rotatable bonds is 6. The molecule has 0 radical (unpaired) electrons. The van der Waals surface area contributed by atoms with Crippen LogP contribution in [0.25, 0.3) is 0 Å². The van der Waals surface area contributed by atoms with E-state index in [4.69, 9.17) is 4.74 Å². The highest BCUT2D eigenvalue weighted by Gasteiger charge is 2.17. The second-order valence-electron chi connectivity index (χ2n) is 6.45. The van der Waals surface area contributed by atoms with Crippen LogP contribution in [0.3, 0.4) is 0 Å². The molecule has 21 heavy (non-hydrogen) atoms. The van der Waals surface area contributed by atoms with Crippen LogP contribution in [-0.2, 0) is 0 Å². The molecule has 0 bridgehead atoms. The summed E-state index contributed by atoms with van der Waals surface area (Å²) in [7, 11) is 0. The fourth-order valence-corrected chi connectivity index (χ4v) is 3.12.